The van der Waals surface area contributed by atoms with E-state index in [0.29, 0.717) is 30.1 Å². The van der Waals surface area contributed by atoms with Crippen LogP contribution in [0.2, 0.25) is 25.7 Å². The fourth-order valence-corrected chi connectivity index (χ4v) is 3.42. The van der Waals surface area contributed by atoms with Gasteiger partial charge in [-0.2, -0.15) is 0 Å². The summed E-state index contributed by atoms with van der Waals surface area (Å²) in [5, 5.41) is 0. The fourth-order valence-electron chi connectivity index (χ4n) is 2.71. The fraction of sp³-hybridized carbons (Fsp3) is 0.385. The normalized spacial score (nSPS) is 11.9. The molecule has 0 bridgehead atoms. The smallest absolute Gasteiger partial charge is 0.338 e. The van der Waals surface area contributed by atoms with Crippen LogP contribution < -0.4 is 4.74 Å². The van der Waals surface area contributed by atoms with Gasteiger partial charge in [0.1, 0.15) is 18.0 Å². The molecule has 0 spiro atoms. The Morgan fingerprint density at radius 2 is 1.69 bits per heavy atom. The monoisotopic (exact) mass is 454 g/mol. The molecule has 2 aromatic carbocycles. The number of hydrogen-bond acceptors (Lipinski definition) is 5. The number of benzene rings is 2. The molecule has 0 aliphatic rings. The minimum absolute atomic E-state index is 0.353. The van der Waals surface area contributed by atoms with Gasteiger partial charge < -0.3 is 14.2 Å². The van der Waals surface area contributed by atoms with Gasteiger partial charge in [0, 0.05) is 14.1 Å². The molecule has 0 aromatic heterocycles. The van der Waals surface area contributed by atoms with Crippen molar-refractivity contribution in [1.29, 1.82) is 0 Å². The van der Waals surface area contributed by atoms with Gasteiger partial charge in [0.2, 0.25) is 0 Å². The summed E-state index contributed by atoms with van der Waals surface area (Å²) in [4.78, 5) is 24.9. The highest BCUT2D eigenvalue weighted by atomic mass is 28.3. The van der Waals surface area contributed by atoms with Crippen molar-refractivity contribution in [2.24, 2.45) is 0 Å². The minimum Gasteiger partial charge on any atom is -0.489 e. The van der Waals surface area contributed by atoms with E-state index in [1.54, 1.807) is 45.0 Å². The SMILES string of the molecule is CC(C)(C)OC(=O)C=Cc1ccc(OCc2ccccc2)cc1C(=O)OCC[Si](C)(C)C. The molecule has 0 N–H and O–H groups in total. The maximum atomic E-state index is 12.8. The van der Waals surface area contributed by atoms with Gasteiger partial charge in [0.25, 0.3) is 0 Å². The summed E-state index contributed by atoms with van der Waals surface area (Å²) in [5.74, 6) is -0.349. The van der Waals surface area contributed by atoms with Crippen LogP contribution in [0.3, 0.4) is 0 Å². The van der Waals surface area contributed by atoms with Gasteiger partial charge in [0.15, 0.2) is 0 Å². The predicted molar refractivity (Wildman–Crippen MR) is 131 cm³/mol. The molecule has 2 aromatic rings. The Bertz CT molecular complexity index is 937. The third kappa shape index (κ3) is 9.52. The van der Waals surface area contributed by atoms with Crippen LogP contribution in [0.15, 0.2) is 54.6 Å². The van der Waals surface area contributed by atoms with Crippen LogP contribution >= 0.6 is 0 Å². The van der Waals surface area contributed by atoms with Crippen molar-refractivity contribution in [3.8, 4) is 5.75 Å². The zero-order valence-electron chi connectivity index (χ0n) is 19.9. The van der Waals surface area contributed by atoms with Crippen LogP contribution in [0, 0.1) is 0 Å². The second-order valence-corrected chi connectivity index (χ2v) is 15.5. The van der Waals surface area contributed by atoms with E-state index in [1.807, 2.05) is 30.3 Å². The summed E-state index contributed by atoms with van der Waals surface area (Å²) in [6.07, 6.45) is 2.90. The van der Waals surface area contributed by atoms with Crippen LogP contribution in [0.4, 0.5) is 0 Å². The largest absolute Gasteiger partial charge is 0.489 e. The highest BCUT2D eigenvalue weighted by Gasteiger charge is 2.18. The van der Waals surface area contributed by atoms with Crippen molar-refractivity contribution in [2.45, 2.75) is 58.7 Å². The van der Waals surface area contributed by atoms with Crippen molar-refractivity contribution in [2.75, 3.05) is 6.61 Å². The third-order valence-electron chi connectivity index (χ3n) is 4.38. The Kier molecular flexibility index (Phi) is 8.84. The van der Waals surface area contributed by atoms with Crippen LogP contribution in [0.25, 0.3) is 6.08 Å². The molecule has 32 heavy (non-hydrogen) atoms. The number of carbonyl (C=O) groups excluding carboxylic acids is 2. The van der Waals surface area contributed by atoms with E-state index in [4.69, 9.17) is 14.2 Å². The van der Waals surface area contributed by atoms with Gasteiger partial charge >= 0.3 is 11.9 Å². The van der Waals surface area contributed by atoms with E-state index in [-0.39, 0.29) is 0 Å². The van der Waals surface area contributed by atoms with Gasteiger partial charge in [-0.15, -0.1) is 0 Å². The lowest BCUT2D eigenvalue weighted by Gasteiger charge is -2.18. The van der Waals surface area contributed by atoms with E-state index in [0.717, 1.165) is 11.6 Å². The first kappa shape index (κ1) is 25.4. The Morgan fingerprint density at radius 1 is 1.00 bits per heavy atom. The quantitative estimate of drug-likeness (QED) is 0.260. The van der Waals surface area contributed by atoms with E-state index < -0.39 is 25.6 Å². The molecule has 6 heteroatoms. The summed E-state index contributed by atoms with van der Waals surface area (Å²) < 4.78 is 16.7. The minimum atomic E-state index is -1.33. The molecule has 0 radical (unpaired) electrons. The summed E-state index contributed by atoms with van der Waals surface area (Å²) in [6.45, 7) is 12.9. The second-order valence-electron chi connectivity index (χ2n) is 9.84. The van der Waals surface area contributed by atoms with Crippen LogP contribution in [0.1, 0.15) is 42.3 Å². The molecule has 172 valence electrons. The number of esters is 2. The molecular formula is C26H34O5Si. The molecular weight excluding hydrogens is 420 g/mol. The van der Waals surface area contributed by atoms with Crippen LogP contribution in [-0.4, -0.2) is 32.2 Å². The number of ether oxygens (including phenoxy) is 3. The molecule has 0 heterocycles. The summed E-state index contributed by atoms with van der Waals surface area (Å²) >= 11 is 0. The van der Waals surface area contributed by atoms with E-state index >= 15 is 0 Å². The third-order valence-corrected chi connectivity index (χ3v) is 6.09. The summed E-state index contributed by atoms with van der Waals surface area (Å²) in [5.41, 5.74) is 1.36. The molecule has 0 saturated heterocycles. The molecule has 0 fully saturated rings. The maximum Gasteiger partial charge on any atom is 0.338 e. The van der Waals surface area contributed by atoms with Crippen molar-refractivity contribution in [1.82, 2.24) is 0 Å². The lowest BCUT2D eigenvalue weighted by Crippen LogP contribution is -2.23. The standard InChI is InChI=1S/C26H34O5Si/c1-26(2,3)31-24(27)15-13-21-12-14-22(30-19-20-10-8-7-9-11-20)18-23(21)25(28)29-16-17-32(4,5)6/h7-15,18H,16-17,19H2,1-6H3. The van der Waals surface area contributed by atoms with E-state index in [1.165, 1.54) is 6.08 Å². The van der Waals surface area contributed by atoms with Crippen LogP contribution in [0.5, 0.6) is 5.75 Å². The molecule has 0 saturated carbocycles. The zero-order chi connectivity index (χ0) is 23.8. The van der Waals surface area contributed by atoms with Crippen molar-refractivity contribution >= 4 is 26.1 Å². The van der Waals surface area contributed by atoms with Gasteiger partial charge in [-0.25, -0.2) is 9.59 Å². The first-order chi connectivity index (χ1) is 14.9. The Labute approximate surface area is 192 Å². The lowest BCUT2D eigenvalue weighted by atomic mass is 10.1. The number of carbonyl (C=O) groups is 2. The highest BCUT2D eigenvalue weighted by molar-refractivity contribution is 6.76. The van der Waals surface area contributed by atoms with Gasteiger partial charge in [-0.3, -0.25) is 0 Å². The van der Waals surface area contributed by atoms with Gasteiger partial charge in [0.05, 0.1) is 12.2 Å². The summed E-state index contributed by atoms with van der Waals surface area (Å²) in [6, 6.07) is 15.9. The first-order valence-electron chi connectivity index (χ1n) is 10.8. The van der Waals surface area contributed by atoms with E-state index in [2.05, 4.69) is 19.6 Å². The number of hydrogen-bond donors (Lipinski definition) is 0. The van der Waals surface area contributed by atoms with Crippen molar-refractivity contribution in [3.63, 3.8) is 0 Å². The Hall–Kier alpha value is -2.86. The zero-order valence-corrected chi connectivity index (χ0v) is 20.9. The molecule has 0 atom stereocenters. The summed E-state index contributed by atoms with van der Waals surface area (Å²) in [7, 11) is -1.33. The topological polar surface area (TPSA) is 61.8 Å². The molecule has 0 amide bonds. The molecule has 0 unspecified atom stereocenters. The Balaban J connectivity index is 2.20. The van der Waals surface area contributed by atoms with Crippen LogP contribution in [-0.2, 0) is 20.9 Å². The number of rotatable bonds is 9. The van der Waals surface area contributed by atoms with Gasteiger partial charge in [-0.1, -0.05) is 56.0 Å². The Morgan fingerprint density at radius 3 is 2.31 bits per heavy atom. The van der Waals surface area contributed by atoms with E-state index in [9.17, 15) is 9.59 Å². The lowest BCUT2D eigenvalue weighted by molar-refractivity contribution is -0.148. The average Bonchev–Trinajstić information content (AvgIpc) is 2.69. The first-order valence-corrected chi connectivity index (χ1v) is 14.5. The van der Waals surface area contributed by atoms with Crippen molar-refractivity contribution < 1.29 is 23.8 Å². The molecule has 2 rings (SSSR count). The molecule has 5 nitrogen and oxygen atoms in total. The second kappa shape index (κ2) is 11.1. The van der Waals surface area contributed by atoms with Gasteiger partial charge in [-0.05, 0) is 56.2 Å². The van der Waals surface area contributed by atoms with Crippen molar-refractivity contribution in [3.05, 3.63) is 71.3 Å². The predicted octanol–water partition coefficient (Wildman–Crippen LogP) is 6.12. The maximum absolute atomic E-state index is 12.8. The molecule has 0 aliphatic heterocycles. The molecule has 0 aliphatic carbocycles. The highest BCUT2D eigenvalue weighted by Crippen LogP contribution is 2.22. The average molecular weight is 455 g/mol.